The number of aromatic amines is 2. The number of aromatic nitrogens is 2. The summed E-state index contributed by atoms with van der Waals surface area (Å²) in [4.78, 5) is 17.4. The third-order valence-electron chi connectivity index (χ3n) is 3.79. The molecule has 2 N–H and O–H groups in total. The van der Waals surface area contributed by atoms with E-state index in [1.807, 2.05) is 54.6 Å². The molecule has 5 nitrogen and oxygen atoms in total. The molecule has 2 aromatic heterocycles. The first-order valence-corrected chi connectivity index (χ1v) is 7.24. The van der Waals surface area contributed by atoms with Gasteiger partial charge < -0.3 is 24.6 Å². The van der Waals surface area contributed by atoms with Crippen molar-refractivity contribution in [2.45, 2.75) is 0 Å². The summed E-state index contributed by atoms with van der Waals surface area (Å²) in [5, 5.41) is 12.7. The number of nitrogens with one attached hydrogen (secondary N) is 2. The van der Waals surface area contributed by atoms with Crippen LogP contribution in [0.5, 0.6) is 5.75 Å². The monoisotopic (exact) mass is 344 g/mol. The predicted molar refractivity (Wildman–Crippen MR) is 86.1 cm³/mol. The fourth-order valence-corrected chi connectivity index (χ4v) is 2.79. The van der Waals surface area contributed by atoms with Crippen LogP contribution >= 0.6 is 0 Å². The van der Waals surface area contributed by atoms with Gasteiger partial charge in [0.1, 0.15) is 12.3 Å². The van der Waals surface area contributed by atoms with Crippen molar-refractivity contribution in [3.8, 4) is 17.1 Å². The minimum Gasteiger partial charge on any atom is -0.546 e. The molecule has 6 heteroatoms. The molecule has 0 saturated carbocycles. The van der Waals surface area contributed by atoms with Crippen LogP contribution in [0.2, 0.25) is 0 Å². The molecule has 4 rings (SSSR count). The fourth-order valence-electron chi connectivity index (χ4n) is 2.79. The molecular formula is C18H13KN2O3. The zero-order valence-electron chi connectivity index (χ0n) is 13.1. The number of aliphatic carboxylic acids is 1. The van der Waals surface area contributed by atoms with Gasteiger partial charge in [-0.25, -0.2) is 0 Å². The average molecular weight is 344 g/mol. The molecule has 0 aliphatic carbocycles. The third kappa shape index (κ3) is 3.16. The second-order valence-corrected chi connectivity index (χ2v) is 5.31. The topological polar surface area (TPSA) is 80.9 Å². The zero-order chi connectivity index (χ0) is 15.8. The summed E-state index contributed by atoms with van der Waals surface area (Å²) in [5.41, 5.74) is 3.46. The van der Waals surface area contributed by atoms with Crippen molar-refractivity contribution in [2.24, 2.45) is 0 Å². The summed E-state index contributed by atoms with van der Waals surface area (Å²) in [6, 6.07) is 17.6. The third-order valence-corrected chi connectivity index (χ3v) is 3.79. The molecule has 0 amide bonds. The van der Waals surface area contributed by atoms with Crippen molar-refractivity contribution in [3.05, 3.63) is 54.6 Å². The van der Waals surface area contributed by atoms with Crippen molar-refractivity contribution >= 4 is 27.8 Å². The number of H-pyrrole nitrogens is 2. The van der Waals surface area contributed by atoms with Crippen molar-refractivity contribution in [3.63, 3.8) is 0 Å². The average Bonchev–Trinajstić information content (AvgIpc) is 3.13. The predicted octanol–water partition coefficient (Wildman–Crippen LogP) is -0.551. The fraction of sp³-hybridized carbons (Fsp3) is 0.0556. The largest absolute Gasteiger partial charge is 1.00 e. The molecule has 114 valence electrons. The van der Waals surface area contributed by atoms with Crippen LogP contribution in [-0.4, -0.2) is 22.5 Å². The van der Waals surface area contributed by atoms with E-state index in [-0.39, 0.29) is 51.4 Å². The Morgan fingerprint density at radius 3 is 2.46 bits per heavy atom. The van der Waals surface area contributed by atoms with Crippen LogP contribution in [0.3, 0.4) is 0 Å². The molecule has 24 heavy (non-hydrogen) atoms. The molecule has 0 saturated heterocycles. The van der Waals surface area contributed by atoms with Crippen molar-refractivity contribution in [1.82, 2.24) is 9.97 Å². The van der Waals surface area contributed by atoms with E-state index >= 15 is 0 Å². The van der Waals surface area contributed by atoms with Crippen LogP contribution in [0.15, 0.2) is 54.6 Å². The molecule has 0 atom stereocenters. The molecule has 2 aromatic carbocycles. The molecule has 0 spiro atoms. The van der Waals surface area contributed by atoms with E-state index < -0.39 is 12.6 Å². The standard InChI is InChI=1S/C18H14N2O3.K/c21-16(22)10-23-18-12-6-2-4-8-14(12)20-17(18)15-9-11-5-1-3-7-13(11)19-15;/h1-9,19-20H,10H2,(H,21,22);/q;+1/p-1. The summed E-state index contributed by atoms with van der Waals surface area (Å²) in [6.07, 6.45) is 0. The summed E-state index contributed by atoms with van der Waals surface area (Å²) in [5.74, 6) is -0.741. The van der Waals surface area contributed by atoms with Crippen molar-refractivity contribution in [2.75, 3.05) is 6.61 Å². The smallest absolute Gasteiger partial charge is 0.546 e. The first-order valence-electron chi connectivity index (χ1n) is 7.24. The Labute approximate surface area is 180 Å². The maximum atomic E-state index is 10.8. The first-order chi connectivity index (χ1) is 11.2. The molecule has 2 heterocycles. The Bertz CT molecular complexity index is 986. The summed E-state index contributed by atoms with van der Waals surface area (Å²) in [7, 11) is 0. The molecule has 0 unspecified atom stereocenters. The number of hydrogen-bond acceptors (Lipinski definition) is 3. The molecule has 0 aliphatic rings. The van der Waals surface area contributed by atoms with Gasteiger partial charge in [0.05, 0.1) is 11.7 Å². The Hall–Kier alpha value is -1.57. The molecule has 0 radical (unpaired) electrons. The molecule has 0 fully saturated rings. The number of carbonyl (C=O) groups is 1. The minimum absolute atomic E-state index is 0. The zero-order valence-corrected chi connectivity index (χ0v) is 16.3. The number of fused-ring (bicyclic) bond motifs is 2. The first kappa shape index (κ1) is 17.3. The van der Waals surface area contributed by atoms with Gasteiger partial charge in [-0.2, -0.15) is 0 Å². The van der Waals surface area contributed by atoms with Gasteiger partial charge in [0.2, 0.25) is 0 Å². The van der Waals surface area contributed by atoms with E-state index in [9.17, 15) is 9.90 Å². The van der Waals surface area contributed by atoms with Crippen LogP contribution in [0.25, 0.3) is 33.2 Å². The summed E-state index contributed by atoms with van der Waals surface area (Å²) in [6.45, 7) is -0.491. The van der Waals surface area contributed by atoms with E-state index in [1.165, 1.54) is 0 Å². The van der Waals surface area contributed by atoms with Gasteiger partial charge in [-0.05, 0) is 24.3 Å². The van der Waals surface area contributed by atoms with E-state index in [0.717, 1.165) is 33.2 Å². The van der Waals surface area contributed by atoms with E-state index in [1.54, 1.807) is 0 Å². The van der Waals surface area contributed by atoms with Crippen LogP contribution in [0, 0.1) is 0 Å². The van der Waals surface area contributed by atoms with Gasteiger partial charge in [-0.3, -0.25) is 0 Å². The Balaban J connectivity index is 0.00000169. The number of carboxylic acid groups (broad SMARTS) is 1. The van der Waals surface area contributed by atoms with E-state index in [2.05, 4.69) is 9.97 Å². The van der Waals surface area contributed by atoms with Gasteiger partial charge in [-0.15, -0.1) is 0 Å². The second-order valence-electron chi connectivity index (χ2n) is 5.31. The number of hydrogen-bond donors (Lipinski definition) is 2. The number of rotatable bonds is 4. The summed E-state index contributed by atoms with van der Waals surface area (Å²) < 4.78 is 5.49. The summed E-state index contributed by atoms with van der Waals surface area (Å²) >= 11 is 0. The van der Waals surface area contributed by atoms with Crippen LogP contribution in [0.4, 0.5) is 0 Å². The number of carbonyl (C=O) groups excluding carboxylic acids is 1. The second kappa shape index (κ2) is 7.12. The molecular weight excluding hydrogens is 331 g/mol. The van der Waals surface area contributed by atoms with Crippen LogP contribution in [-0.2, 0) is 4.79 Å². The van der Waals surface area contributed by atoms with Crippen molar-refractivity contribution < 1.29 is 66.0 Å². The Kier molecular flexibility index (Phi) is 5.12. The van der Waals surface area contributed by atoms with Gasteiger partial charge in [0.15, 0.2) is 5.75 Å². The molecule has 0 aliphatic heterocycles. The van der Waals surface area contributed by atoms with Crippen molar-refractivity contribution in [1.29, 1.82) is 0 Å². The maximum absolute atomic E-state index is 10.8. The van der Waals surface area contributed by atoms with E-state index in [0.29, 0.717) is 5.75 Å². The van der Waals surface area contributed by atoms with Gasteiger partial charge in [-0.1, -0.05) is 30.3 Å². The number of ether oxygens (including phenoxy) is 1. The number of para-hydroxylation sites is 2. The SMILES string of the molecule is O=C([O-])COc1c(-c2cc3ccccc3[nH]2)[nH]c2ccccc12.[K+]. The van der Waals surface area contributed by atoms with E-state index in [4.69, 9.17) is 4.74 Å². The minimum atomic E-state index is -1.25. The molecule has 4 aromatic rings. The van der Waals surface area contributed by atoms with Gasteiger partial charge in [0.25, 0.3) is 0 Å². The Morgan fingerprint density at radius 2 is 1.71 bits per heavy atom. The Morgan fingerprint density at radius 1 is 1.00 bits per heavy atom. The van der Waals surface area contributed by atoms with Gasteiger partial charge in [0, 0.05) is 21.8 Å². The normalized spacial score (nSPS) is 10.7. The van der Waals surface area contributed by atoms with Crippen LogP contribution in [0.1, 0.15) is 0 Å². The molecule has 0 bridgehead atoms. The maximum Gasteiger partial charge on any atom is 1.00 e. The van der Waals surface area contributed by atoms with Gasteiger partial charge >= 0.3 is 51.4 Å². The quantitative estimate of drug-likeness (QED) is 0.488. The number of benzene rings is 2. The van der Waals surface area contributed by atoms with Crippen LogP contribution < -0.4 is 61.2 Å². The number of carboxylic acids is 1.